The lowest BCUT2D eigenvalue weighted by molar-refractivity contribution is 0.0742. The van der Waals surface area contributed by atoms with Gasteiger partial charge in [0.1, 0.15) is 0 Å². The quantitative estimate of drug-likeness (QED) is 0.931. The Morgan fingerprint density at radius 1 is 1.59 bits per heavy atom. The van der Waals surface area contributed by atoms with E-state index in [1.165, 1.54) is 12.8 Å². The SMILES string of the molecule is CN(CC1CCCCN1)C(=O)c1ccc(Br)o1. The van der Waals surface area contributed by atoms with E-state index in [1.807, 2.05) is 7.05 Å². The molecule has 1 atom stereocenters. The highest BCUT2D eigenvalue weighted by Crippen LogP contribution is 2.16. The van der Waals surface area contributed by atoms with Gasteiger partial charge in [-0.05, 0) is 47.4 Å². The molecule has 4 nitrogen and oxygen atoms in total. The third kappa shape index (κ3) is 3.33. The van der Waals surface area contributed by atoms with Crippen LogP contribution in [0.3, 0.4) is 0 Å². The molecule has 0 bridgehead atoms. The molecule has 2 heterocycles. The largest absolute Gasteiger partial charge is 0.444 e. The standard InChI is InChI=1S/C12H17BrN2O2/c1-15(8-9-4-2-3-7-14-9)12(16)10-5-6-11(13)17-10/h5-6,9,14H,2-4,7-8H2,1H3. The Hall–Kier alpha value is -0.810. The molecule has 1 fully saturated rings. The Bertz CT molecular complexity index is 386. The smallest absolute Gasteiger partial charge is 0.289 e. The van der Waals surface area contributed by atoms with E-state index >= 15 is 0 Å². The van der Waals surface area contributed by atoms with Crippen molar-refractivity contribution in [1.29, 1.82) is 0 Å². The Labute approximate surface area is 109 Å². The number of carbonyl (C=O) groups excluding carboxylic acids is 1. The molecule has 2 rings (SSSR count). The summed E-state index contributed by atoms with van der Waals surface area (Å²) in [5.74, 6) is 0.318. The molecule has 1 aromatic heterocycles. The number of likely N-dealkylation sites (N-methyl/N-ethyl adjacent to an activating group) is 1. The van der Waals surface area contributed by atoms with Crippen LogP contribution in [0.25, 0.3) is 0 Å². The van der Waals surface area contributed by atoms with Gasteiger partial charge in [-0.3, -0.25) is 4.79 Å². The second kappa shape index (κ2) is 5.69. The minimum absolute atomic E-state index is 0.0666. The molecule has 0 aliphatic carbocycles. The van der Waals surface area contributed by atoms with Crippen LogP contribution in [0.2, 0.25) is 0 Å². The van der Waals surface area contributed by atoms with E-state index < -0.39 is 0 Å². The summed E-state index contributed by atoms with van der Waals surface area (Å²) >= 11 is 3.20. The average Bonchev–Trinajstić information content (AvgIpc) is 2.76. The fourth-order valence-corrected chi connectivity index (χ4v) is 2.42. The van der Waals surface area contributed by atoms with Crippen LogP contribution in [0.1, 0.15) is 29.8 Å². The lowest BCUT2D eigenvalue weighted by Crippen LogP contribution is -2.44. The summed E-state index contributed by atoms with van der Waals surface area (Å²) in [7, 11) is 1.81. The number of nitrogens with zero attached hydrogens (tertiary/aromatic N) is 1. The highest BCUT2D eigenvalue weighted by atomic mass is 79.9. The number of hydrogen-bond acceptors (Lipinski definition) is 3. The zero-order chi connectivity index (χ0) is 12.3. The molecule has 17 heavy (non-hydrogen) atoms. The van der Waals surface area contributed by atoms with Crippen LogP contribution < -0.4 is 5.32 Å². The van der Waals surface area contributed by atoms with Crippen molar-refractivity contribution >= 4 is 21.8 Å². The third-order valence-electron chi connectivity index (χ3n) is 3.04. The summed E-state index contributed by atoms with van der Waals surface area (Å²) in [6.45, 7) is 1.79. The summed E-state index contributed by atoms with van der Waals surface area (Å²) in [5, 5.41) is 3.43. The number of piperidine rings is 1. The minimum atomic E-state index is -0.0666. The van der Waals surface area contributed by atoms with E-state index in [-0.39, 0.29) is 5.91 Å². The average molecular weight is 301 g/mol. The normalized spacial score (nSPS) is 20.2. The van der Waals surface area contributed by atoms with Crippen molar-refractivity contribution in [3.63, 3.8) is 0 Å². The first-order chi connectivity index (χ1) is 8.16. The molecule has 1 aliphatic heterocycles. The Morgan fingerprint density at radius 3 is 3.00 bits per heavy atom. The fraction of sp³-hybridized carbons (Fsp3) is 0.583. The van der Waals surface area contributed by atoms with Gasteiger partial charge in [-0.2, -0.15) is 0 Å². The first-order valence-electron chi connectivity index (χ1n) is 5.91. The van der Waals surface area contributed by atoms with Crippen LogP contribution in [0.5, 0.6) is 0 Å². The Morgan fingerprint density at radius 2 is 2.41 bits per heavy atom. The first-order valence-corrected chi connectivity index (χ1v) is 6.70. The number of furan rings is 1. The number of rotatable bonds is 3. The number of halogens is 1. The van der Waals surface area contributed by atoms with Gasteiger partial charge in [0.05, 0.1) is 0 Å². The van der Waals surface area contributed by atoms with E-state index in [1.54, 1.807) is 17.0 Å². The highest BCUT2D eigenvalue weighted by molar-refractivity contribution is 9.10. The summed E-state index contributed by atoms with van der Waals surface area (Å²) in [6, 6.07) is 3.84. The van der Waals surface area contributed by atoms with Crippen LogP contribution in [-0.4, -0.2) is 37.0 Å². The summed E-state index contributed by atoms with van der Waals surface area (Å²) < 4.78 is 5.85. The van der Waals surface area contributed by atoms with Crippen LogP contribution in [0.15, 0.2) is 21.2 Å². The Kier molecular flexibility index (Phi) is 4.23. The van der Waals surface area contributed by atoms with Gasteiger partial charge < -0.3 is 14.6 Å². The fourth-order valence-electron chi connectivity index (χ4n) is 2.11. The third-order valence-corrected chi connectivity index (χ3v) is 3.46. The Balaban J connectivity index is 1.90. The van der Waals surface area contributed by atoms with Crippen molar-refractivity contribution in [2.24, 2.45) is 0 Å². The topological polar surface area (TPSA) is 45.5 Å². The molecule has 1 N–H and O–H groups in total. The molecule has 0 saturated carbocycles. The van der Waals surface area contributed by atoms with Crippen molar-refractivity contribution in [2.45, 2.75) is 25.3 Å². The molecular weight excluding hydrogens is 284 g/mol. The van der Waals surface area contributed by atoms with E-state index in [4.69, 9.17) is 4.42 Å². The maximum atomic E-state index is 12.0. The summed E-state index contributed by atoms with van der Waals surface area (Å²) in [5.41, 5.74) is 0. The van der Waals surface area contributed by atoms with Gasteiger partial charge in [-0.15, -0.1) is 0 Å². The van der Waals surface area contributed by atoms with Crippen molar-refractivity contribution < 1.29 is 9.21 Å². The molecular formula is C12H17BrN2O2. The predicted molar refractivity (Wildman–Crippen MR) is 69.0 cm³/mol. The molecule has 1 aliphatic rings. The maximum Gasteiger partial charge on any atom is 0.289 e. The molecule has 1 aromatic rings. The molecule has 0 aromatic carbocycles. The number of nitrogens with one attached hydrogen (secondary N) is 1. The van der Waals surface area contributed by atoms with Gasteiger partial charge in [0.2, 0.25) is 0 Å². The van der Waals surface area contributed by atoms with Gasteiger partial charge >= 0.3 is 0 Å². The van der Waals surface area contributed by atoms with Crippen LogP contribution in [-0.2, 0) is 0 Å². The highest BCUT2D eigenvalue weighted by Gasteiger charge is 2.20. The second-order valence-electron chi connectivity index (χ2n) is 4.44. The van der Waals surface area contributed by atoms with E-state index in [0.717, 1.165) is 19.5 Å². The van der Waals surface area contributed by atoms with E-state index in [2.05, 4.69) is 21.2 Å². The van der Waals surface area contributed by atoms with Crippen molar-refractivity contribution in [3.05, 3.63) is 22.6 Å². The van der Waals surface area contributed by atoms with E-state index in [0.29, 0.717) is 16.5 Å². The van der Waals surface area contributed by atoms with Gasteiger partial charge in [-0.25, -0.2) is 0 Å². The van der Waals surface area contributed by atoms with Gasteiger partial charge in [0, 0.05) is 19.6 Å². The molecule has 0 radical (unpaired) electrons. The number of hydrogen-bond donors (Lipinski definition) is 1. The molecule has 1 saturated heterocycles. The minimum Gasteiger partial charge on any atom is -0.444 e. The van der Waals surface area contributed by atoms with E-state index in [9.17, 15) is 4.79 Å². The van der Waals surface area contributed by atoms with Gasteiger partial charge in [0.25, 0.3) is 5.91 Å². The molecule has 1 unspecified atom stereocenters. The lowest BCUT2D eigenvalue weighted by Gasteiger charge is -2.27. The number of carbonyl (C=O) groups is 1. The second-order valence-corrected chi connectivity index (χ2v) is 5.22. The van der Waals surface area contributed by atoms with Crippen molar-refractivity contribution in [1.82, 2.24) is 10.2 Å². The van der Waals surface area contributed by atoms with Crippen molar-refractivity contribution in [3.8, 4) is 0 Å². The monoisotopic (exact) mass is 300 g/mol. The zero-order valence-electron chi connectivity index (χ0n) is 9.91. The molecule has 5 heteroatoms. The van der Waals surface area contributed by atoms with Gasteiger partial charge in [0.15, 0.2) is 10.4 Å². The number of amides is 1. The maximum absolute atomic E-state index is 12.0. The molecule has 0 spiro atoms. The zero-order valence-corrected chi connectivity index (χ0v) is 11.5. The lowest BCUT2D eigenvalue weighted by atomic mass is 10.0. The van der Waals surface area contributed by atoms with Crippen molar-refractivity contribution in [2.75, 3.05) is 20.1 Å². The first kappa shape index (κ1) is 12.6. The molecule has 1 amide bonds. The van der Waals surface area contributed by atoms with Crippen LogP contribution >= 0.6 is 15.9 Å². The molecule has 94 valence electrons. The van der Waals surface area contributed by atoms with Gasteiger partial charge in [-0.1, -0.05) is 6.42 Å². The van der Waals surface area contributed by atoms with Crippen LogP contribution in [0.4, 0.5) is 0 Å². The van der Waals surface area contributed by atoms with Crippen LogP contribution in [0, 0.1) is 0 Å². The summed E-state index contributed by atoms with van der Waals surface area (Å²) in [4.78, 5) is 13.7. The predicted octanol–water partition coefficient (Wildman–Crippen LogP) is 2.26. The summed E-state index contributed by atoms with van der Waals surface area (Å²) in [6.07, 6.45) is 3.62.